The van der Waals surface area contributed by atoms with Crippen LogP contribution in [0.25, 0.3) is 0 Å². The summed E-state index contributed by atoms with van der Waals surface area (Å²) in [6, 6.07) is 0. The molecule has 5 heteroatoms. The number of carbonyl (C=O) groups is 2. The van der Waals surface area contributed by atoms with Gasteiger partial charge in [0.15, 0.2) is 0 Å². The highest BCUT2D eigenvalue weighted by Crippen LogP contribution is 2.11. The molecule has 0 unspecified atom stereocenters. The van der Waals surface area contributed by atoms with E-state index in [1.165, 1.54) is 14.2 Å². The maximum atomic E-state index is 11.8. The summed E-state index contributed by atoms with van der Waals surface area (Å²) in [6.07, 6.45) is -0.694. The maximum Gasteiger partial charge on any atom is 0.313 e. The summed E-state index contributed by atoms with van der Waals surface area (Å²) >= 11 is 0. The van der Waals surface area contributed by atoms with E-state index in [0.29, 0.717) is 0 Å². The number of esters is 1. The molecular weight excluding hydrogens is 248 g/mol. The summed E-state index contributed by atoms with van der Waals surface area (Å²) < 4.78 is 9.69. The topological polar surface area (TPSA) is 52.6 Å². The number of hydrogen-bond acceptors (Lipinski definition) is 4. The van der Waals surface area contributed by atoms with Crippen LogP contribution in [-0.4, -0.2) is 40.1 Å². The lowest BCUT2D eigenvalue weighted by atomic mass is 9.98. The van der Waals surface area contributed by atoms with E-state index in [2.05, 4.69) is 35.8 Å². The predicted octanol–water partition coefficient (Wildman–Crippen LogP) is 1.65. The van der Waals surface area contributed by atoms with Gasteiger partial charge in [0, 0.05) is 7.11 Å². The molecule has 0 aliphatic carbocycles. The molecule has 2 atom stereocenters. The smallest absolute Gasteiger partial charge is 0.313 e. The predicted molar refractivity (Wildman–Crippen MR) is 72.7 cm³/mol. The van der Waals surface area contributed by atoms with Crippen molar-refractivity contribution in [3.63, 3.8) is 0 Å². The number of carbonyl (C=O) groups excluding carboxylic acids is 2. The molecule has 18 heavy (non-hydrogen) atoms. The molecule has 0 bridgehead atoms. The molecule has 0 amide bonds. The van der Waals surface area contributed by atoms with Crippen LogP contribution in [0.1, 0.15) is 13.3 Å². The van der Waals surface area contributed by atoms with Crippen molar-refractivity contribution < 1.29 is 19.1 Å². The minimum absolute atomic E-state index is 0.210. The highest BCUT2D eigenvalue weighted by Gasteiger charge is 2.24. The van der Waals surface area contributed by atoms with Crippen LogP contribution in [0, 0.1) is 17.4 Å². The van der Waals surface area contributed by atoms with E-state index < -0.39 is 26.1 Å². The number of hydrogen-bond donors (Lipinski definition) is 0. The fraction of sp³-hybridized carbons (Fsp3) is 0.692. The van der Waals surface area contributed by atoms with E-state index in [-0.39, 0.29) is 12.2 Å². The lowest BCUT2D eigenvalue weighted by molar-refractivity contribution is -0.144. The zero-order chi connectivity index (χ0) is 14.3. The van der Waals surface area contributed by atoms with E-state index in [1.807, 2.05) is 0 Å². The van der Waals surface area contributed by atoms with Gasteiger partial charge in [0.1, 0.15) is 26.4 Å². The fourth-order valence-corrected chi connectivity index (χ4v) is 1.80. The van der Waals surface area contributed by atoms with Gasteiger partial charge in [-0.05, 0) is 0 Å². The molecule has 0 aromatic heterocycles. The number of Topliss-reactive ketones (excluding diaryl/α,β-unsaturated/α-hetero) is 1. The Morgan fingerprint density at radius 2 is 1.78 bits per heavy atom. The van der Waals surface area contributed by atoms with Gasteiger partial charge in [-0.2, -0.15) is 0 Å². The molecule has 4 nitrogen and oxygen atoms in total. The number of ketones is 1. The second-order valence-electron chi connectivity index (χ2n) is 5.18. The monoisotopic (exact) mass is 270 g/mol. The van der Waals surface area contributed by atoms with Crippen LogP contribution < -0.4 is 0 Å². The van der Waals surface area contributed by atoms with Crippen LogP contribution in [-0.2, 0) is 19.1 Å². The van der Waals surface area contributed by atoms with Gasteiger partial charge in [-0.3, -0.25) is 9.59 Å². The van der Waals surface area contributed by atoms with Gasteiger partial charge >= 0.3 is 5.97 Å². The minimum atomic E-state index is -1.50. The highest BCUT2D eigenvalue weighted by molar-refractivity contribution is 6.83. The summed E-state index contributed by atoms with van der Waals surface area (Å²) in [7, 11) is 1.28. The molecule has 0 N–H and O–H groups in total. The summed E-state index contributed by atoms with van der Waals surface area (Å²) in [5, 5.41) is 0. The Morgan fingerprint density at radius 3 is 2.17 bits per heavy atom. The van der Waals surface area contributed by atoms with Crippen molar-refractivity contribution >= 4 is 19.8 Å². The SMILES string of the molecule is COC(=O)CC(=O)[C@H](C)[C@H](C#C[Si](C)(C)C)OC. The van der Waals surface area contributed by atoms with Crippen molar-refractivity contribution in [3.8, 4) is 11.5 Å². The molecule has 0 spiro atoms. The molecule has 0 aliphatic rings. The van der Waals surface area contributed by atoms with Crippen LogP contribution >= 0.6 is 0 Å². The standard InChI is InChI=1S/C13H22O4Si/c1-10(11(14)9-13(15)17-3)12(16-2)7-8-18(4,5)6/h10,12H,9H2,1-6H3/t10-,12-/m0/s1. The molecule has 0 saturated carbocycles. The third kappa shape index (κ3) is 6.57. The minimum Gasteiger partial charge on any atom is -0.469 e. The van der Waals surface area contributed by atoms with Crippen molar-refractivity contribution in [3.05, 3.63) is 0 Å². The Bertz CT molecular complexity index is 359. The summed E-state index contributed by atoms with van der Waals surface area (Å²) in [5.74, 6) is 1.83. The maximum absolute atomic E-state index is 11.8. The highest BCUT2D eigenvalue weighted by atomic mass is 28.3. The molecule has 0 radical (unpaired) electrons. The summed E-state index contributed by atoms with van der Waals surface area (Å²) in [4.78, 5) is 22.8. The van der Waals surface area contributed by atoms with Crippen LogP contribution in [0.2, 0.25) is 19.6 Å². The molecule has 0 aliphatic heterocycles. The first kappa shape index (κ1) is 16.9. The Balaban J connectivity index is 4.70. The van der Waals surface area contributed by atoms with Gasteiger partial charge in [-0.15, -0.1) is 5.54 Å². The first-order valence-corrected chi connectivity index (χ1v) is 9.36. The van der Waals surface area contributed by atoms with Crippen LogP contribution in [0.5, 0.6) is 0 Å². The van der Waals surface area contributed by atoms with Crippen LogP contribution in [0.15, 0.2) is 0 Å². The Labute approximate surface area is 110 Å². The zero-order valence-electron chi connectivity index (χ0n) is 12.0. The lowest BCUT2D eigenvalue weighted by Gasteiger charge is -2.16. The normalized spacial score (nSPS) is 14.1. The second-order valence-corrected chi connectivity index (χ2v) is 9.93. The van der Waals surface area contributed by atoms with Gasteiger partial charge in [0.2, 0.25) is 0 Å². The number of rotatable bonds is 5. The van der Waals surface area contributed by atoms with Gasteiger partial charge in [0.05, 0.1) is 13.0 Å². The molecular formula is C13H22O4Si. The lowest BCUT2D eigenvalue weighted by Crippen LogP contribution is -2.29. The molecule has 0 rings (SSSR count). The quantitative estimate of drug-likeness (QED) is 0.330. The molecule has 0 aromatic carbocycles. The zero-order valence-corrected chi connectivity index (χ0v) is 13.0. The van der Waals surface area contributed by atoms with Crippen molar-refractivity contribution in [1.82, 2.24) is 0 Å². The molecule has 0 fully saturated rings. The molecule has 0 saturated heterocycles. The second kappa shape index (κ2) is 7.34. The average Bonchev–Trinajstić information content (AvgIpc) is 2.27. The van der Waals surface area contributed by atoms with Gasteiger partial charge in [-0.1, -0.05) is 32.5 Å². The fourth-order valence-electron chi connectivity index (χ4n) is 1.22. The Morgan fingerprint density at radius 1 is 1.22 bits per heavy atom. The number of ether oxygens (including phenoxy) is 2. The van der Waals surface area contributed by atoms with Gasteiger partial charge in [-0.25, -0.2) is 0 Å². The third-order valence-corrected chi connectivity index (χ3v) is 3.25. The average molecular weight is 270 g/mol. The van der Waals surface area contributed by atoms with Gasteiger partial charge in [0.25, 0.3) is 0 Å². The van der Waals surface area contributed by atoms with E-state index in [0.717, 1.165) is 0 Å². The third-order valence-electron chi connectivity index (χ3n) is 2.35. The van der Waals surface area contributed by atoms with E-state index in [1.54, 1.807) is 6.92 Å². The Hall–Kier alpha value is -1.12. The molecule has 0 heterocycles. The van der Waals surface area contributed by atoms with Crippen molar-refractivity contribution in [2.75, 3.05) is 14.2 Å². The van der Waals surface area contributed by atoms with E-state index in [9.17, 15) is 9.59 Å². The summed E-state index contributed by atoms with van der Waals surface area (Å²) in [6.45, 7) is 8.08. The molecule has 0 aromatic rings. The van der Waals surface area contributed by atoms with Crippen LogP contribution in [0.4, 0.5) is 0 Å². The van der Waals surface area contributed by atoms with E-state index in [4.69, 9.17) is 4.74 Å². The number of methoxy groups -OCH3 is 2. The Kier molecular flexibility index (Phi) is 6.88. The largest absolute Gasteiger partial charge is 0.469 e. The molecule has 102 valence electrons. The summed E-state index contributed by atoms with van der Waals surface area (Å²) in [5.41, 5.74) is 3.17. The van der Waals surface area contributed by atoms with Crippen molar-refractivity contribution in [1.29, 1.82) is 0 Å². The first-order chi connectivity index (χ1) is 8.21. The van der Waals surface area contributed by atoms with Gasteiger partial charge < -0.3 is 9.47 Å². The van der Waals surface area contributed by atoms with E-state index >= 15 is 0 Å². The first-order valence-electron chi connectivity index (χ1n) is 5.86. The van der Waals surface area contributed by atoms with Crippen molar-refractivity contribution in [2.45, 2.75) is 39.1 Å². The van der Waals surface area contributed by atoms with Crippen LogP contribution in [0.3, 0.4) is 0 Å². The van der Waals surface area contributed by atoms with Crippen molar-refractivity contribution in [2.24, 2.45) is 5.92 Å².